The maximum atomic E-state index is 13.5. The summed E-state index contributed by atoms with van der Waals surface area (Å²) in [7, 11) is -3.99. The number of hydrogen-bond donors (Lipinski definition) is 1. The van der Waals surface area contributed by atoms with Crippen molar-refractivity contribution in [1.29, 1.82) is 0 Å². The minimum atomic E-state index is -3.99. The highest BCUT2D eigenvalue weighted by Gasteiger charge is 2.28. The Kier molecular flexibility index (Phi) is 7.59. The smallest absolute Gasteiger partial charge is 0.264 e. The zero-order chi connectivity index (χ0) is 23.3. The van der Waals surface area contributed by atoms with E-state index in [9.17, 15) is 13.2 Å². The van der Waals surface area contributed by atoms with Gasteiger partial charge in [0, 0.05) is 5.02 Å². The maximum Gasteiger partial charge on any atom is 0.264 e. The molecule has 0 saturated carbocycles. The highest BCUT2D eigenvalue weighted by atomic mass is 35.5. The summed E-state index contributed by atoms with van der Waals surface area (Å²) in [6, 6.07) is 20.9. The van der Waals surface area contributed by atoms with Gasteiger partial charge in [-0.15, -0.1) is 0 Å². The van der Waals surface area contributed by atoms with Gasteiger partial charge in [-0.2, -0.15) is 0 Å². The molecule has 1 atom stereocenters. The summed E-state index contributed by atoms with van der Waals surface area (Å²) in [4.78, 5) is 13.1. The van der Waals surface area contributed by atoms with Gasteiger partial charge in [0.05, 0.1) is 16.6 Å². The number of carbonyl (C=O) groups is 1. The molecule has 0 aliphatic carbocycles. The predicted molar refractivity (Wildman–Crippen MR) is 130 cm³/mol. The molecular weight excluding hydrogens is 444 g/mol. The molecule has 0 saturated heterocycles. The number of benzene rings is 3. The molecule has 0 spiro atoms. The zero-order valence-electron chi connectivity index (χ0n) is 18.4. The van der Waals surface area contributed by atoms with Crippen LogP contribution in [0, 0.1) is 13.8 Å². The second kappa shape index (κ2) is 10.2. The van der Waals surface area contributed by atoms with Crippen LogP contribution in [0.4, 0.5) is 5.69 Å². The normalized spacial score (nSPS) is 12.2. The molecule has 3 aromatic rings. The van der Waals surface area contributed by atoms with E-state index in [2.05, 4.69) is 5.32 Å². The van der Waals surface area contributed by atoms with Crippen molar-refractivity contribution in [2.45, 2.75) is 38.1 Å². The van der Waals surface area contributed by atoms with Crippen molar-refractivity contribution in [1.82, 2.24) is 5.32 Å². The van der Waals surface area contributed by atoms with Crippen molar-refractivity contribution >= 4 is 33.2 Å². The Morgan fingerprint density at radius 1 is 1.00 bits per heavy atom. The van der Waals surface area contributed by atoms with Crippen LogP contribution < -0.4 is 9.62 Å². The molecule has 1 N–H and O–H groups in total. The number of anilines is 1. The van der Waals surface area contributed by atoms with Gasteiger partial charge in [0.25, 0.3) is 10.0 Å². The van der Waals surface area contributed by atoms with Gasteiger partial charge in [-0.25, -0.2) is 8.42 Å². The SMILES string of the molecule is CC[C@@H](NC(=O)CN(c1ccc(C)c(Cl)c1)S(=O)(=O)c1ccc(C)cc1)c1ccccc1. The van der Waals surface area contributed by atoms with Gasteiger partial charge in [-0.3, -0.25) is 9.10 Å². The maximum absolute atomic E-state index is 13.5. The molecule has 1 amide bonds. The van der Waals surface area contributed by atoms with E-state index in [1.807, 2.05) is 51.1 Å². The van der Waals surface area contributed by atoms with Crippen molar-refractivity contribution in [3.63, 3.8) is 0 Å². The molecule has 0 aliphatic heterocycles. The van der Waals surface area contributed by atoms with Gasteiger partial charge in [0.15, 0.2) is 0 Å². The van der Waals surface area contributed by atoms with Gasteiger partial charge in [-0.1, -0.05) is 72.6 Å². The third kappa shape index (κ3) is 5.50. The largest absolute Gasteiger partial charge is 0.348 e. The number of amides is 1. The van der Waals surface area contributed by atoms with Crippen LogP contribution in [0.1, 0.15) is 36.1 Å². The lowest BCUT2D eigenvalue weighted by Crippen LogP contribution is -2.42. The van der Waals surface area contributed by atoms with Crippen LogP contribution in [-0.4, -0.2) is 20.9 Å². The molecule has 168 valence electrons. The number of carbonyl (C=O) groups excluding carboxylic acids is 1. The highest BCUT2D eigenvalue weighted by Crippen LogP contribution is 2.28. The lowest BCUT2D eigenvalue weighted by atomic mass is 10.0. The van der Waals surface area contributed by atoms with Gasteiger partial charge < -0.3 is 5.32 Å². The van der Waals surface area contributed by atoms with Crippen molar-refractivity contribution < 1.29 is 13.2 Å². The van der Waals surface area contributed by atoms with E-state index in [0.29, 0.717) is 17.1 Å². The van der Waals surface area contributed by atoms with Gasteiger partial charge in [-0.05, 0) is 55.7 Å². The van der Waals surface area contributed by atoms with Gasteiger partial charge in [0.1, 0.15) is 6.54 Å². The molecule has 0 radical (unpaired) electrons. The molecular formula is C25H27ClN2O3S. The molecule has 0 unspecified atom stereocenters. The van der Waals surface area contributed by atoms with E-state index in [1.54, 1.807) is 42.5 Å². The summed E-state index contributed by atoms with van der Waals surface area (Å²) in [6.07, 6.45) is 0.677. The fourth-order valence-electron chi connectivity index (χ4n) is 3.37. The fraction of sp³-hybridized carbons (Fsp3) is 0.240. The van der Waals surface area contributed by atoms with Crippen molar-refractivity contribution in [2.24, 2.45) is 0 Å². The summed E-state index contributed by atoms with van der Waals surface area (Å²) >= 11 is 6.28. The molecule has 0 aliphatic rings. The van der Waals surface area contributed by atoms with Crippen molar-refractivity contribution in [2.75, 3.05) is 10.8 Å². The number of nitrogens with one attached hydrogen (secondary N) is 1. The summed E-state index contributed by atoms with van der Waals surface area (Å²) in [5, 5.41) is 3.40. The zero-order valence-corrected chi connectivity index (χ0v) is 20.0. The first kappa shape index (κ1) is 23.8. The molecule has 5 nitrogen and oxygen atoms in total. The van der Waals surface area contributed by atoms with E-state index in [1.165, 1.54) is 0 Å². The van der Waals surface area contributed by atoms with E-state index >= 15 is 0 Å². The predicted octanol–water partition coefficient (Wildman–Crippen LogP) is 5.42. The molecule has 0 fully saturated rings. The molecule has 3 aromatic carbocycles. The van der Waals surface area contributed by atoms with E-state index in [0.717, 1.165) is 21.0 Å². The number of nitrogens with zero attached hydrogens (tertiary/aromatic N) is 1. The Bertz CT molecular complexity index is 1180. The number of halogens is 1. The fourth-order valence-corrected chi connectivity index (χ4v) is 4.95. The molecule has 0 heterocycles. The van der Waals surface area contributed by atoms with Crippen LogP contribution in [0.5, 0.6) is 0 Å². The second-order valence-corrected chi connectivity index (χ2v) is 9.97. The number of hydrogen-bond acceptors (Lipinski definition) is 3. The molecule has 0 bridgehead atoms. The van der Waals surface area contributed by atoms with E-state index in [-0.39, 0.29) is 17.5 Å². The summed E-state index contributed by atoms with van der Waals surface area (Å²) in [5.41, 5.74) is 3.07. The van der Waals surface area contributed by atoms with Crippen LogP contribution in [0.25, 0.3) is 0 Å². The first-order valence-electron chi connectivity index (χ1n) is 10.4. The van der Waals surface area contributed by atoms with Crippen LogP contribution in [0.2, 0.25) is 5.02 Å². The molecule has 7 heteroatoms. The second-order valence-electron chi connectivity index (χ2n) is 7.70. The average Bonchev–Trinajstić information content (AvgIpc) is 2.78. The molecule has 0 aromatic heterocycles. The monoisotopic (exact) mass is 470 g/mol. The highest BCUT2D eigenvalue weighted by molar-refractivity contribution is 7.92. The lowest BCUT2D eigenvalue weighted by Gasteiger charge is -2.26. The van der Waals surface area contributed by atoms with Crippen molar-refractivity contribution in [3.05, 3.63) is 94.5 Å². The number of aryl methyl sites for hydroxylation is 2. The minimum Gasteiger partial charge on any atom is -0.348 e. The molecule has 3 rings (SSSR count). The van der Waals surface area contributed by atoms with Gasteiger partial charge >= 0.3 is 0 Å². The Balaban J connectivity index is 1.94. The van der Waals surface area contributed by atoms with E-state index in [4.69, 9.17) is 11.6 Å². The number of sulfonamides is 1. The van der Waals surface area contributed by atoms with Crippen LogP contribution >= 0.6 is 11.6 Å². The van der Waals surface area contributed by atoms with Crippen LogP contribution in [0.3, 0.4) is 0 Å². The Hall–Kier alpha value is -2.83. The van der Waals surface area contributed by atoms with Crippen molar-refractivity contribution in [3.8, 4) is 0 Å². The average molecular weight is 471 g/mol. The molecule has 32 heavy (non-hydrogen) atoms. The quantitative estimate of drug-likeness (QED) is 0.478. The Morgan fingerprint density at radius 3 is 2.25 bits per heavy atom. The summed E-state index contributed by atoms with van der Waals surface area (Å²) in [5.74, 6) is -0.395. The van der Waals surface area contributed by atoms with Crippen LogP contribution in [-0.2, 0) is 14.8 Å². The van der Waals surface area contributed by atoms with E-state index < -0.39 is 15.9 Å². The Morgan fingerprint density at radius 2 is 1.66 bits per heavy atom. The lowest BCUT2D eigenvalue weighted by molar-refractivity contribution is -0.120. The third-order valence-corrected chi connectivity index (χ3v) is 7.48. The first-order valence-corrected chi connectivity index (χ1v) is 12.2. The summed E-state index contributed by atoms with van der Waals surface area (Å²) in [6.45, 7) is 5.33. The minimum absolute atomic E-state index is 0.114. The third-order valence-electron chi connectivity index (χ3n) is 5.29. The van der Waals surface area contributed by atoms with Crippen LogP contribution in [0.15, 0.2) is 77.7 Å². The first-order chi connectivity index (χ1) is 15.2. The number of rotatable bonds is 8. The standard InChI is InChI=1S/C25H27ClN2O3S/c1-4-24(20-8-6-5-7-9-20)27-25(29)17-28(21-13-12-19(3)23(26)16-21)32(30,31)22-14-10-18(2)11-15-22/h5-16,24H,4,17H2,1-3H3,(H,27,29)/t24-/m1/s1. The summed E-state index contributed by atoms with van der Waals surface area (Å²) < 4.78 is 28.1. The Labute approximate surface area is 195 Å². The topological polar surface area (TPSA) is 66.5 Å². The van der Waals surface area contributed by atoms with Gasteiger partial charge in [0.2, 0.25) is 5.91 Å².